The van der Waals surface area contributed by atoms with Crippen LogP contribution in [-0.4, -0.2) is 55.5 Å². The van der Waals surface area contributed by atoms with Gasteiger partial charge in [0.1, 0.15) is 11.9 Å². The minimum atomic E-state index is -4.29. The van der Waals surface area contributed by atoms with Crippen molar-refractivity contribution in [3.63, 3.8) is 0 Å². The van der Waals surface area contributed by atoms with E-state index in [1.807, 2.05) is 13.8 Å². The number of carbonyl (C=O) groups is 1. The van der Waals surface area contributed by atoms with Gasteiger partial charge in [-0.05, 0) is 18.9 Å². The third-order valence-electron chi connectivity index (χ3n) is 4.68. The Balaban J connectivity index is 2.27. The van der Waals surface area contributed by atoms with E-state index in [2.05, 4.69) is 15.0 Å². The molecule has 1 saturated heterocycles. The molecule has 11 heteroatoms. The molecule has 28 heavy (non-hydrogen) atoms. The lowest BCUT2D eigenvalue weighted by atomic mass is 9.97. The van der Waals surface area contributed by atoms with Gasteiger partial charge in [-0.25, -0.2) is 9.36 Å². The number of anilines is 1. The number of nitrogens with zero attached hydrogens (tertiary/aromatic N) is 2. The van der Waals surface area contributed by atoms with Crippen molar-refractivity contribution in [1.82, 2.24) is 9.55 Å². The minimum Gasteiger partial charge on any atom is -0.394 e. The number of alkyl halides is 2. The van der Waals surface area contributed by atoms with E-state index in [0.29, 0.717) is 12.8 Å². The molecular formula is C17H25F2N3O6. The second kappa shape index (κ2) is 8.60. The fourth-order valence-corrected chi connectivity index (χ4v) is 3.17. The number of halogens is 2. The number of aliphatic hydroxyl groups excluding tert-OH is 2. The van der Waals surface area contributed by atoms with E-state index in [0.717, 1.165) is 25.1 Å². The summed E-state index contributed by atoms with van der Waals surface area (Å²) in [5.41, 5.74) is -1.33. The quantitative estimate of drug-likeness (QED) is 0.491. The van der Waals surface area contributed by atoms with Gasteiger partial charge in [0.2, 0.25) is 5.91 Å². The molecular weight excluding hydrogens is 380 g/mol. The molecule has 1 aliphatic heterocycles. The molecule has 4 N–H and O–H groups in total. The molecule has 0 aliphatic carbocycles. The van der Waals surface area contributed by atoms with Crippen molar-refractivity contribution < 1.29 is 33.6 Å². The van der Waals surface area contributed by atoms with Gasteiger partial charge >= 0.3 is 17.5 Å². The molecule has 0 saturated carbocycles. The van der Waals surface area contributed by atoms with Crippen molar-refractivity contribution in [3.8, 4) is 0 Å². The van der Waals surface area contributed by atoms with Gasteiger partial charge in [-0.1, -0.05) is 26.7 Å². The number of carbonyl (C=O) groups excluding carboxylic acids is 1. The molecule has 0 unspecified atom stereocenters. The van der Waals surface area contributed by atoms with Gasteiger partial charge in [0.05, 0.1) is 6.61 Å². The molecule has 1 aliphatic rings. The highest BCUT2D eigenvalue weighted by molar-refractivity contribution is 5.91. The Labute approximate surface area is 160 Å². The van der Waals surface area contributed by atoms with Gasteiger partial charge in [0.25, 0.3) is 0 Å². The fraction of sp³-hybridized carbons (Fsp3) is 0.706. The van der Waals surface area contributed by atoms with Crippen LogP contribution in [0.25, 0.3) is 0 Å². The molecule has 1 aromatic rings. The highest BCUT2D eigenvalue weighted by atomic mass is 19.3. The lowest BCUT2D eigenvalue weighted by molar-refractivity contribution is -0.341. The van der Waals surface area contributed by atoms with Crippen molar-refractivity contribution in [2.45, 2.75) is 63.6 Å². The fourth-order valence-electron chi connectivity index (χ4n) is 3.17. The zero-order valence-electron chi connectivity index (χ0n) is 15.6. The monoisotopic (exact) mass is 405 g/mol. The Kier molecular flexibility index (Phi) is 6.86. The Morgan fingerprint density at radius 1 is 1.39 bits per heavy atom. The average Bonchev–Trinajstić information content (AvgIpc) is 2.82. The lowest BCUT2D eigenvalue weighted by Crippen LogP contribution is -2.55. The van der Waals surface area contributed by atoms with Crippen LogP contribution in [0.3, 0.4) is 0 Å². The number of nitrogens with one attached hydrogen (secondary N) is 1. The van der Waals surface area contributed by atoms with Crippen LogP contribution in [0.4, 0.5) is 14.6 Å². The standard InChI is InChI=1S/C17H25F2N3O6/c1-3-5-10(6-4-2)14(25)20-12-7-8-22(15(26)21-12)17(27)16(18,19)13(24)11(9-23)28-17/h7-8,10-11,13,23-24,27H,3-6,9H2,1-2H3,(H,20,21,25,26)/t11-,13-,17-/m1/s1. The molecule has 0 bridgehead atoms. The van der Waals surface area contributed by atoms with Crippen LogP contribution in [0.15, 0.2) is 17.1 Å². The van der Waals surface area contributed by atoms with Crippen LogP contribution in [-0.2, 0) is 15.4 Å². The van der Waals surface area contributed by atoms with E-state index in [-0.39, 0.29) is 22.2 Å². The minimum absolute atomic E-state index is 0.108. The number of ether oxygens (including phenoxy) is 1. The third-order valence-corrected chi connectivity index (χ3v) is 4.68. The predicted octanol–water partition coefficient (Wildman–Crippen LogP) is 0.388. The summed E-state index contributed by atoms with van der Waals surface area (Å²) in [7, 11) is 0. The SMILES string of the molecule is CCCC(CCC)C(=O)Nc1ccn([C@]2(O)O[C@H](CO)[C@@H](O)C2(F)F)c(=O)n1. The Morgan fingerprint density at radius 2 is 2.00 bits per heavy atom. The van der Waals surface area contributed by atoms with Crippen LogP contribution >= 0.6 is 0 Å². The van der Waals surface area contributed by atoms with Crippen LogP contribution < -0.4 is 11.0 Å². The summed E-state index contributed by atoms with van der Waals surface area (Å²) >= 11 is 0. The average molecular weight is 405 g/mol. The van der Waals surface area contributed by atoms with Gasteiger partial charge < -0.3 is 25.4 Å². The van der Waals surface area contributed by atoms with Crippen molar-refractivity contribution in [3.05, 3.63) is 22.7 Å². The molecule has 2 heterocycles. The van der Waals surface area contributed by atoms with E-state index >= 15 is 0 Å². The maximum atomic E-state index is 14.3. The highest BCUT2D eigenvalue weighted by Gasteiger charge is 2.70. The summed E-state index contributed by atoms with van der Waals surface area (Å²) < 4.78 is 33.3. The van der Waals surface area contributed by atoms with E-state index in [9.17, 15) is 28.6 Å². The van der Waals surface area contributed by atoms with Crippen molar-refractivity contribution >= 4 is 11.7 Å². The van der Waals surface area contributed by atoms with E-state index in [1.165, 1.54) is 0 Å². The van der Waals surface area contributed by atoms with Gasteiger partial charge in [-0.15, -0.1) is 0 Å². The molecule has 0 spiro atoms. The van der Waals surface area contributed by atoms with Crippen molar-refractivity contribution in [2.24, 2.45) is 5.92 Å². The maximum Gasteiger partial charge on any atom is 0.353 e. The van der Waals surface area contributed by atoms with Gasteiger partial charge in [-0.2, -0.15) is 13.8 Å². The van der Waals surface area contributed by atoms with E-state index < -0.39 is 36.3 Å². The smallest absolute Gasteiger partial charge is 0.353 e. The Morgan fingerprint density at radius 3 is 2.46 bits per heavy atom. The van der Waals surface area contributed by atoms with Crippen molar-refractivity contribution in [1.29, 1.82) is 0 Å². The summed E-state index contributed by atoms with van der Waals surface area (Å²) in [6.45, 7) is 2.88. The van der Waals surface area contributed by atoms with Crippen LogP contribution in [0.2, 0.25) is 0 Å². The number of amides is 1. The first-order valence-electron chi connectivity index (χ1n) is 9.10. The summed E-state index contributed by atoms with van der Waals surface area (Å²) in [5.74, 6) is -8.59. The van der Waals surface area contributed by atoms with E-state index in [4.69, 9.17) is 5.11 Å². The Bertz CT molecular complexity index is 753. The van der Waals surface area contributed by atoms with Crippen molar-refractivity contribution in [2.75, 3.05) is 11.9 Å². The molecule has 1 amide bonds. The largest absolute Gasteiger partial charge is 0.394 e. The number of rotatable bonds is 8. The molecule has 3 atom stereocenters. The van der Waals surface area contributed by atoms with Gasteiger partial charge in [0, 0.05) is 12.1 Å². The van der Waals surface area contributed by atoms with E-state index in [1.54, 1.807) is 0 Å². The zero-order valence-corrected chi connectivity index (χ0v) is 15.6. The lowest BCUT2D eigenvalue weighted by Gasteiger charge is -2.29. The summed E-state index contributed by atoms with van der Waals surface area (Å²) in [6.07, 6.45) is -0.664. The summed E-state index contributed by atoms with van der Waals surface area (Å²) in [5, 5.41) is 31.3. The second-order valence-electron chi connectivity index (χ2n) is 6.74. The first kappa shape index (κ1) is 22.3. The number of aromatic nitrogens is 2. The first-order chi connectivity index (χ1) is 13.1. The molecule has 1 aromatic heterocycles. The number of hydrogen-bond donors (Lipinski definition) is 4. The predicted molar refractivity (Wildman–Crippen MR) is 93.5 cm³/mol. The first-order valence-corrected chi connectivity index (χ1v) is 9.10. The second-order valence-corrected chi connectivity index (χ2v) is 6.74. The summed E-state index contributed by atoms with van der Waals surface area (Å²) in [6, 6.07) is 1.06. The normalized spacial score (nSPS) is 26.6. The molecule has 0 aromatic carbocycles. The maximum absolute atomic E-state index is 14.3. The zero-order chi connectivity index (χ0) is 21.1. The molecule has 158 valence electrons. The molecule has 0 radical (unpaired) electrons. The van der Waals surface area contributed by atoms with Gasteiger partial charge in [0.15, 0.2) is 6.10 Å². The highest BCUT2D eigenvalue weighted by Crippen LogP contribution is 2.45. The van der Waals surface area contributed by atoms with Gasteiger partial charge in [-0.3, -0.25) is 4.79 Å². The third kappa shape index (κ3) is 3.93. The summed E-state index contributed by atoms with van der Waals surface area (Å²) in [4.78, 5) is 28.0. The number of aliphatic hydroxyl groups is 3. The molecule has 9 nitrogen and oxygen atoms in total. The molecule has 1 fully saturated rings. The number of hydrogen-bond acceptors (Lipinski definition) is 7. The van der Waals surface area contributed by atoms with Crippen LogP contribution in [0.1, 0.15) is 39.5 Å². The van der Waals surface area contributed by atoms with Crippen LogP contribution in [0.5, 0.6) is 0 Å². The van der Waals surface area contributed by atoms with Crippen LogP contribution in [0, 0.1) is 5.92 Å². The Hall–Kier alpha value is -1.95. The topological polar surface area (TPSA) is 134 Å². The molecule has 2 rings (SSSR count).